The fourth-order valence-electron chi connectivity index (χ4n) is 2.79. The van der Waals surface area contributed by atoms with E-state index in [0.717, 1.165) is 24.8 Å². The third-order valence-electron chi connectivity index (χ3n) is 4.31. The van der Waals surface area contributed by atoms with Gasteiger partial charge in [-0.05, 0) is 63.1 Å². The van der Waals surface area contributed by atoms with Gasteiger partial charge in [-0.3, -0.25) is 4.79 Å². The molecule has 3 heteroatoms. The molecule has 2 atom stereocenters. The largest absolute Gasteiger partial charge is 0.508 e. The zero-order chi connectivity index (χ0) is 16.8. The van der Waals surface area contributed by atoms with E-state index in [-0.39, 0.29) is 17.6 Å². The van der Waals surface area contributed by atoms with Gasteiger partial charge in [0.2, 0.25) is 0 Å². The van der Waals surface area contributed by atoms with Gasteiger partial charge in [-0.15, -0.1) is 0 Å². The minimum atomic E-state index is -0.528. The van der Waals surface area contributed by atoms with E-state index in [2.05, 4.69) is 13.8 Å². The van der Waals surface area contributed by atoms with Crippen molar-refractivity contribution in [1.29, 1.82) is 0 Å². The predicted molar refractivity (Wildman–Crippen MR) is 90.0 cm³/mol. The van der Waals surface area contributed by atoms with Crippen molar-refractivity contribution in [3.05, 3.63) is 29.8 Å². The zero-order valence-corrected chi connectivity index (χ0v) is 14.6. The van der Waals surface area contributed by atoms with Gasteiger partial charge in [-0.1, -0.05) is 32.4 Å². The molecule has 0 aromatic heterocycles. The maximum atomic E-state index is 12.2. The Morgan fingerprint density at radius 3 is 2.55 bits per heavy atom. The average molecular weight is 306 g/mol. The maximum Gasteiger partial charge on any atom is 0.311 e. The van der Waals surface area contributed by atoms with Crippen LogP contribution in [0.1, 0.15) is 65.4 Å². The molecule has 0 saturated carbocycles. The number of carbonyl (C=O) groups excluding carboxylic acids is 1. The molecule has 0 aliphatic heterocycles. The van der Waals surface area contributed by atoms with E-state index in [0.29, 0.717) is 12.5 Å². The molecule has 2 unspecified atom stereocenters. The van der Waals surface area contributed by atoms with Gasteiger partial charge in [-0.2, -0.15) is 0 Å². The lowest BCUT2D eigenvalue weighted by Gasteiger charge is -2.29. The van der Waals surface area contributed by atoms with Gasteiger partial charge < -0.3 is 9.84 Å². The van der Waals surface area contributed by atoms with Gasteiger partial charge in [0.05, 0.1) is 12.0 Å². The van der Waals surface area contributed by atoms with Crippen LogP contribution in [-0.2, 0) is 9.53 Å². The number of aromatic hydroxyl groups is 1. The van der Waals surface area contributed by atoms with Crippen molar-refractivity contribution in [1.82, 2.24) is 0 Å². The average Bonchev–Trinajstić information content (AvgIpc) is 2.46. The van der Waals surface area contributed by atoms with Crippen LogP contribution in [0.5, 0.6) is 5.75 Å². The molecule has 1 N–H and O–H groups in total. The molecule has 1 aromatic rings. The van der Waals surface area contributed by atoms with Crippen molar-refractivity contribution in [2.45, 2.75) is 59.8 Å². The van der Waals surface area contributed by atoms with Gasteiger partial charge in [0, 0.05) is 0 Å². The molecule has 0 heterocycles. The lowest BCUT2D eigenvalue weighted by molar-refractivity contribution is -0.154. The van der Waals surface area contributed by atoms with E-state index in [1.807, 2.05) is 39.0 Å². The van der Waals surface area contributed by atoms with Crippen LogP contribution in [0.25, 0.3) is 0 Å². The van der Waals surface area contributed by atoms with Crippen LogP contribution in [0.15, 0.2) is 24.3 Å². The molecule has 124 valence electrons. The van der Waals surface area contributed by atoms with Gasteiger partial charge >= 0.3 is 5.97 Å². The summed E-state index contributed by atoms with van der Waals surface area (Å²) in [5.74, 6) is 0.941. The number of hydrogen-bond donors (Lipinski definition) is 1. The molecule has 22 heavy (non-hydrogen) atoms. The summed E-state index contributed by atoms with van der Waals surface area (Å²) in [7, 11) is 0. The first kappa shape index (κ1) is 18.5. The Morgan fingerprint density at radius 2 is 2.00 bits per heavy atom. The van der Waals surface area contributed by atoms with Crippen LogP contribution in [-0.4, -0.2) is 17.7 Å². The molecule has 0 aliphatic carbocycles. The Morgan fingerprint density at radius 1 is 1.32 bits per heavy atom. The first-order chi connectivity index (χ1) is 10.3. The van der Waals surface area contributed by atoms with Crippen LogP contribution in [0.3, 0.4) is 0 Å². The van der Waals surface area contributed by atoms with Crippen molar-refractivity contribution < 1.29 is 14.6 Å². The highest BCUT2D eigenvalue weighted by Crippen LogP contribution is 2.38. The van der Waals surface area contributed by atoms with E-state index in [1.165, 1.54) is 0 Å². The molecule has 0 radical (unpaired) electrons. The van der Waals surface area contributed by atoms with Crippen LogP contribution >= 0.6 is 0 Å². The normalized spacial score (nSPS) is 14.4. The van der Waals surface area contributed by atoms with Crippen molar-refractivity contribution in [3.8, 4) is 5.75 Å². The molecule has 0 saturated heterocycles. The highest BCUT2D eigenvalue weighted by atomic mass is 16.5. The van der Waals surface area contributed by atoms with Gasteiger partial charge in [0.25, 0.3) is 0 Å². The minimum Gasteiger partial charge on any atom is -0.508 e. The maximum absolute atomic E-state index is 12.2. The Bertz CT molecular complexity index is 479. The first-order valence-corrected chi connectivity index (χ1v) is 8.26. The minimum absolute atomic E-state index is 0.149. The summed E-state index contributed by atoms with van der Waals surface area (Å²) in [6.07, 6.45) is 2.83. The summed E-state index contributed by atoms with van der Waals surface area (Å²) in [5.41, 5.74) is 0.567. The fraction of sp³-hybridized carbons (Fsp3) is 0.632. The molecular formula is C19H30O3. The van der Waals surface area contributed by atoms with Crippen molar-refractivity contribution in [2.75, 3.05) is 6.61 Å². The molecule has 0 aliphatic rings. The summed E-state index contributed by atoms with van der Waals surface area (Å²) in [6.45, 7) is 10.5. The number of ether oxygens (including phenoxy) is 1. The fourth-order valence-corrected chi connectivity index (χ4v) is 2.79. The molecule has 0 spiro atoms. The van der Waals surface area contributed by atoms with Crippen molar-refractivity contribution >= 4 is 5.97 Å². The van der Waals surface area contributed by atoms with E-state index < -0.39 is 5.41 Å². The third kappa shape index (κ3) is 5.36. The highest BCUT2D eigenvalue weighted by Gasteiger charge is 2.33. The monoisotopic (exact) mass is 306 g/mol. The molecule has 0 fully saturated rings. The number of esters is 1. The van der Waals surface area contributed by atoms with Crippen LogP contribution in [0.2, 0.25) is 0 Å². The van der Waals surface area contributed by atoms with Crippen molar-refractivity contribution in [3.63, 3.8) is 0 Å². The van der Waals surface area contributed by atoms with Gasteiger partial charge in [0.15, 0.2) is 0 Å². The first-order valence-electron chi connectivity index (χ1n) is 8.26. The summed E-state index contributed by atoms with van der Waals surface area (Å²) in [6, 6.07) is 7.40. The highest BCUT2D eigenvalue weighted by molar-refractivity contribution is 5.76. The van der Waals surface area contributed by atoms with Gasteiger partial charge in [-0.25, -0.2) is 0 Å². The molecule has 3 nitrogen and oxygen atoms in total. The second-order valence-electron chi connectivity index (χ2n) is 6.85. The Labute approximate surface area is 134 Å². The Balaban J connectivity index is 2.98. The number of rotatable bonds is 8. The lowest BCUT2D eigenvalue weighted by Crippen LogP contribution is -2.29. The second kappa shape index (κ2) is 8.21. The SMILES string of the molecule is CCOC(=O)C(C)(C)CC(CC(C)CC)c1cccc(O)c1. The van der Waals surface area contributed by atoms with Crippen LogP contribution in [0, 0.1) is 11.3 Å². The number of phenolic OH excluding ortho intramolecular Hbond substituents is 1. The number of phenols is 1. The summed E-state index contributed by atoms with van der Waals surface area (Å²) in [5, 5.41) is 9.75. The Hall–Kier alpha value is -1.51. The topological polar surface area (TPSA) is 46.5 Å². The molecule has 0 amide bonds. The molecular weight excluding hydrogens is 276 g/mol. The second-order valence-corrected chi connectivity index (χ2v) is 6.85. The van der Waals surface area contributed by atoms with Crippen molar-refractivity contribution in [2.24, 2.45) is 11.3 Å². The molecule has 1 aromatic carbocycles. The van der Waals surface area contributed by atoms with Gasteiger partial charge in [0.1, 0.15) is 5.75 Å². The number of carbonyl (C=O) groups is 1. The lowest BCUT2D eigenvalue weighted by atomic mass is 9.76. The zero-order valence-electron chi connectivity index (χ0n) is 14.6. The molecule has 1 rings (SSSR count). The standard InChI is InChI=1S/C19H30O3/c1-6-14(3)11-16(15-9-8-10-17(20)12-15)13-19(4,5)18(21)22-7-2/h8-10,12,14,16,20H,6-7,11,13H2,1-5H3. The van der Waals surface area contributed by atoms with E-state index >= 15 is 0 Å². The predicted octanol–water partition coefficient (Wildman–Crippen LogP) is 4.89. The van der Waals surface area contributed by atoms with Crippen LogP contribution in [0.4, 0.5) is 0 Å². The molecule has 0 bridgehead atoms. The van der Waals surface area contributed by atoms with Crippen LogP contribution < -0.4 is 0 Å². The number of benzene rings is 1. The summed E-state index contributed by atoms with van der Waals surface area (Å²) < 4.78 is 5.21. The van der Waals surface area contributed by atoms with E-state index in [9.17, 15) is 9.90 Å². The summed E-state index contributed by atoms with van der Waals surface area (Å²) >= 11 is 0. The van der Waals surface area contributed by atoms with E-state index in [4.69, 9.17) is 4.74 Å². The third-order valence-corrected chi connectivity index (χ3v) is 4.31. The van der Waals surface area contributed by atoms with E-state index in [1.54, 1.807) is 6.07 Å². The smallest absolute Gasteiger partial charge is 0.311 e. The summed E-state index contributed by atoms with van der Waals surface area (Å²) in [4.78, 5) is 12.2. The number of hydrogen-bond acceptors (Lipinski definition) is 3. The Kier molecular flexibility index (Phi) is 6.92. The quantitative estimate of drug-likeness (QED) is 0.695.